The molecule has 2 aromatic heterocycles. The van der Waals surface area contributed by atoms with Gasteiger partial charge in [0.15, 0.2) is 0 Å². The second-order valence-electron chi connectivity index (χ2n) is 5.08. The van der Waals surface area contributed by atoms with Crippen LogP contribution in [-0.4, -0.2) is 34.2 Å². The summed E-state index contributed by atoms with van der Waals surface area (Å²) < 4.78 is 11.0. The normalized spacial score (nSPS) is 17.7. The lowest BCUT2D eigenvalue weighted by atomic mass is 10.2. The van der Waals surface area contributed by atoms with E-state index in [0.29, 0.717) is 16.6 Å². The summed E-state index contributed by atoms with van der Waals surface area (Å²) in [6, 6.07) is 0. The minimum atomic E-state index is -0.870. The molecule has 116 valence electrons. The van der Waals surface area contributed by atoms with Crippen molar-refractivity contribution in [2.45, 2.75) is 32.9 Å². The first-order chi connectivity index (χ1) is 10.5. The van der Waals surface area contributed by atoms with Crippen molar-refractivity contribution in [3.05, 3.63) is 27.1 Å². The van der Waals surface area contributed by atoms with Crippen LogP contribution in [0.5, 0.6) is 0 Å². The Morgan fingerprint density at radius 3 is 2.95 bits per heavy atom. The summed E-state index contributed by atoms with van der Waals surface area (Å²) in [6.45, 7) is 3.75. The number of carbonyl (C=O) groups excluding carboxylic acids is 2. The number of aryl methyl sites for hydroxylation is 2. The van der Waals surface area contributed by atoms with Crippen LogP contribution in [0.15, 0.2) is 11.1 Å². The van der Waals surface area contributed by atoms with E-state index in [4.69, 9.17) is 9.47 Å². The minimum Gasteiger partial charge on any atom is -0.463 e. The number of thiophene rings is 1. The van der Waals surface area contributed by atoms with Crippen molar-refractivity contribution in [1.82, 2.24) is 9.55 Å². The number of hydrogen-bond acceptors (Lipinski definition) is 7. The summed E-state index contributed by atoms with van der Waals surface area (Å²) in [6.07, 6.45) is 0.804. The number of cyclic esters (lactones) is 1. The highest BCUT2D eigenvalue weighted by Gasteiger charge is 2.30. The SMILES string of the molecule is Cc1sc2ncn(CC(=O)O[C@@H]3CCOC3=O)c(=O)c2c1C. The van der Waals surface area contributed by atoms with Gasteiger partial charge in [0.2, 0.25) is 6.10 Å². The average molecular weight is 322 g/mol. The Morgan fingerprint density at radius 2 is 2.27 bits per heavy atom. The number of aromatic nitrogens is 2. The maximum atomic E-state index is 12.4. The molecular formula is C14H14N2O5S. The Morgan fingerprint density at radius 1 is 1.50 bits per heavy atom. The lowest BCUT2D eigenvalue weighted by Gasteiger charge is -2.09. The van der Waals surface area contributed by atoms with E-state index < -0.39 is 18.0 Å². The van der Waals surface area contributed by atoms with Gasteiger partial charge in [-0.15, -0.1) is 11.3 Å². The molecule has 0 spiro atoms. The summed E-state index contributed by atoms with van der Waals surface area (Å²) in [4.78, 5) is 41.5. The van der Waals surface area contributed by atoms with Crippen LogP contribution in [0.1, 0.15) is 16.9 Å². The summed E-state index contributed by atoms with van der Waals surface area (Å²) in [7, 11) is 0. The fourth-order valence-electron chi connectivity index (χ4n) is 2.30. The Hall–Kier alpha value is -2.22. The van der Waals surface area contributed by atoms with Gasteiger partial charge in [-0.1, -0.05) is 0 Å². The van der Waals surface area contributed by atoms with Crippen molar-refractivity contribution >= 4 is 33.5 Å². The maximum absolute atomic E-state index is 12.4. The third-order valence-electron chi connectivity index (χ3n) is 3.62. The highest BCUT2D eigenvalue weighted by molar-refractivity contribution is 7.18. The summed E-state index contributed by atoms with van der Waals surface area (Å²) >= 11 is 1.45. The van der Waals surface area contributed by atoms with Gasteiger partial charge in [-0.05, 0) is 19.4 Å². The molecule has 0 saturated carbocycles. The van der Waals surface area contributed by atoms with Crippen molar-refractivity contribution in [2.75, 3.05) is 6.61 Å². The molecule has 1 aliphatic heterocycles. The van der Waals surface area contributed by atoms with Crippen LogP contribution in [0.25, 0.3) is 10.2 Å². The molecular weight excluding hydrogens is 308 g/mol. The summed E-state index contributed by atoms with van der Waals surface area (Å²) in [5, 5.41) is 0.526. The first kappa shape index (κ1) is 14.7. The number of esters is 2. The molecule has 1 saturated heterocycles. The fourth-order valence-corrected chi connectivity index (χ4v) is 3.29. The second kappa shape index (κ2) is 5.53. The number of rotatable bonds is 3. The van der Waals surface area contributed by atoms with Gasteiger partial charge in [-0.3, -0.25) is 14.2 Å². The van der Waals surface area contributed by atoms with Gasteiger partial charge in [0.1, 0.15) is 11.4 Å². The van der Waals surface area contributed by atoms with Crippen molar-refractivity contribution in [1.29, 1.82) is 0 Å². The number of nitrogens with zero attached hydrogens (tertiary/aromatic N) is 2. The first-order valence-corrected chi connectivity index (χ1v) is 7.60. The highest BCUT2D eigenvalue weighted by atomic mass is 32.1. The molecule has 0 N–H and O–H groups in total. The first-order valence-electron chi connectivity index (χ1n) is 6.78. The number of carbonyl (C=O) groups is 2. The second-order valence-corrected chi connectivity index (χ2v) is 6.28. The standard InChI is InChI=1S/C14H14N2O5S/c1-7-8(2)22-12-11(7)13(18)16(6-15-12)5-10(17)21-9-3-4-20-14(9)19/h6,9H,3-5H2,1-2H3/t9-/m1/s1. The Bertz CT molecular complexity index is 822. The van der Waals surface area contributed by atoms with Crippen molar-refractivity contribution in [2.24, 2.45) is 0 Å². The van der Waals surface area contributed by atoms with Crippen LogP contribution in [0, 0.1) is 13.8 Å². The molecule has 0 bridgehead atoms. The van der Waals surface area contributed by atoms with Crippen LogP contribution in [0.3, 0.4) is 0 Å². The van der Waals surface area contributed by atoms with E-state index in [1.165, 1.54) is 22.2 Å². The molecule has 3 heterocycles. The molecule has 7 nitrogen and oxygen atoms in total. The number of ether oxygens (including phenoxy) is 2. The van der Waals surface area contributed by atoms with Gasteiger partial charge in [0.05, 0.1) is 18.3 Å². The lowest BCUT2D eigenvalue weighted by molar-refractivity contribution is -0.160. The Balaban J connectivity index is 1.83. The zero-order valence-electron chi connectivity index (χ0n) is 12.1. The average Bonchev–Trinajstić information content (AvgIpc) is 2.99. The van der Waals surface area contributed by atoms with Crippen molar-refractivity contribution in [3.8, 4) is 0 Å². The minimum absolute atomic E-state index is 0.248. The van der Waals surface area contributed by atoms with E-state index in [-0.39, 0.29) is 18.7 Å². The van der Waals surface area contributed by atoms with Crippen LogP contribution in [-0.2, 0) is 25.6 Å². The largest absolute Gasteiger partial charge is 0.463 e. The fraction of sp³-hybridized carbons (Fsp3) is 0.429. The third-order valence-corrected chi connectivity index (χ3v) is 4.73. The van der Waals surface area contributed by atoms with E-state index in [0.717, 1.165) is 10.4 Å². The van der Waals surface area contributed by atoms with E-state index in [1.807, 2.05) is 13.8 Å². The molecule has 0 amide bonds. The van der Waals surface area contributed by atoms with E-state index >= 15 is 0 Å². The van der Waals surface area contributed by atoms with Crippen LogP contribution >= 0.6 is 11.3 Å². The van der Waals surface area contributed by atoms with E-state index in [2.05, 4.69) is 4.98 Å². The van der Waals surface area contributed by atoms with Gasteiger partial charge < -0.3 is 9.47 Å². The number of fused-ring (bicyclic) bond motifs is 1. The predicted octanol–water partition coefficient (Wildman–Crippen LogP) is 0.934. The maximum Gasteiger partial charge on any atom is 0.347 e. The smallest absolute Gasteiger partial charge is 0.347 e. The molecule has 0 unspecified atom stereocenters. The van der Waals surface area contributed by atoms with Crippen LogP contribution < -0.4 is 5.56 Å². The monoisotopic (exact) mass is 322 g/mol. The molecule has 22 heavy (non-hydrogen) atoms. The van der Waals surface area contributed by atoms with Gasteiger partial charge in [0.25, 0.3) is 5.56 Å². The molecule has 3 rings (SSSR count). The Kier molecular flexibility index (Phi) is 3.69. The zero-order chi connectivity index (χ0) is 15.9. The third kappa shape index (κ3) is 2.50. The topological polar surface area (TPSA) is 87.5 Å². The van der Waals surface area contributed by atoms with E-state index in [1.54, 1.807) is 0 Å². The predicted molar refractivity (Wildman–Crippen MR) is 78.8 cm³/mol. The lowest BCUT2D eigenvalue weighted by Crippen LogP contribution is -2.29. The van der Waals surface area contributed by atoms with Crippen molar-refractivity contribution in [3.63, 3.8) is 0 Å². The van der Waals surface area contributed by atoms with E-state index in [9.17, 15) is 14.4 Å². The summed E-state index contributed by atoms with van der Waals surface area (Å²) in [5.74, 6) is -1.20. The number of hydrogen-bond donors (Lipinski definition) is 0. The quantitative estimate of drug-likeness (QED) is 0.781. The van der Waals surface area contributed by atoms with Gasteiger partial charge in [-0.25, -0.2) is 9.78 Å². The van der Waals surface area contributed by atoms with Crippen LogP contribution in [0.4, 0.5) is 0 Å². The summed E-state index contributed by atoms with van der Waals surface area (Å²) in [5.41, 5.74) is 0.595. The molecule has 1 fully saturated rings. The van der Waals surface area contributed by atoms with Gasteiger partial charge in [-0.2, -0.15) is 0 Å². The molecule has 0 radical (unpaired) electrons. The zero-order valence-corrected chi connectivity index (χ0v) is 12.9. The molecule has 0 aliphatic carbocycles. The molecule has 1 atom stereocenters. The van der Waals surface area contributed by atoms with Crippen LogP contribution in [0.2, 0.25) is 0 Å². The molecule has 1 aliphatic rings. The molecule has 0 aromatic carbocycles. The van der Waals surface area contributed by atoms with Gasteiger partial charge >= 0.3 is 11.9 Å². The van der Waals surface area contributed by atoms with Gasteiger partial charge in [0, 0.05) is 11.3 Å². The molecule has 8 heteroatoms. The van der Waals surface area contributed by atoms with Crippen molar-refractivity contribution < 1.29 is 19.1 Å². The Labute approximate surface area is 129 Å². The highest BCUT2D eigenvalue weighted by Crippen LogP contribution is 2.25. The molecule has 2 aromatic rings.